The highest BCUT2D eigenvalue weighted by molar-refractivity contribution is 7.09. The maximum absolute atomic E-state index is 10.9. The molecule has 2 N–H and O–H groups in total. The van der Waals surface area contributed by atoms with E-state index in [4.69, 9.17) is 5.11 Å². The lowest BCUT2D eigenvalue weighted by atomic mass is 10.1. The molecule has 17 heavy (non-hydrogen) atoms. The highest BCUT2D eigenvalue weighted by Gasteiger charge is 2.08. The van der Waals surface area contributed by atoms with Crippen LogP contribution in [-0.2, 0) is 0 Å². The normalized spacial score (nSPS) is 10.2. The Hall–Kier alpha value is -1.95. The summed E-state index contributed by atoms with van der Waals surface area (Å²) in [5.74, 6) is -0.197. The van der Waals surface area contributed by atoms with Crippen molar-refractivity contribution in [3.8, 4) is 0 Å². The molecule has 0 fully saturated rings. The van der Waals surface area contributed by atoms with Gasteiger partial charge in [0.2, 0.25) is 5.13 Å². The van der Waals surface area contributed by atoms with E-state index in [0.29, 0.717) is 16.3 Å². The average Bonchev–Trinajstić information content (AvgIpc) is 2.63. The number of aromatic nitrogens is 2. The molecule has 0 saturated heterocycles. The number of hydrogen-bond acceptors (Lipinski definition) is 5. The average molecular weight is 249 g/mol. The molecule has 0 atom stereocenters. The van der Waals surface area contributed by atoms with Crippen LogP contribution in [0.3, 0.4) is 0 Å². The quantitative estimate of drug-likeness (QED) is 0.874. The molecule has 0 aliphatic heterocycles. The van der Waals surface area contributed by atoms with Gasteiger partial charge in [-0.15, -0.1) is 0 Å². The number of anilines is 2. The van der Waals surface area contributed by atoms with E-state index in [1.54, 1.807) is 25.1 Å². The molecule has 6 heteroatoms. The fourth-order valence-corrected chi connectivity index (χ4v) is 2.05. The van der Waals surface area contributed by atoms with Gasteiger partial charge in [-0.3, -0.25) is 0 Å². The molecular weight excluding hydrogens is 238 g/mol. The lowest BCUT2D eigenvalue weighted by Gasteiger charge is -2.05. The van der Waals surface area contributed by atoms with Gasteiger partial charge in [0.15, 0.2) is 0 Å². The first-order valence-electron chi connectivity index (χ1n) is 4.97. The molecule has 2 rings (SSSR count). The molecule has 5 nitrogen and oxygen atoms in total. The summed E-state index contributed by atoms with van der Waals surface area (Å²) in [7, 11) is 0. The Morgan fingerprint density at radius 3 is 2.71 bits per heavy atom. The summed E-state index contributed by atoms with van der Waals surface area (Å²) in [5.41, 5.74) is 1.83. The molecule has 0 radical (unpaired) electrons. The van der Waals surface area contributed by atoms with Crippen LogP contribution in [0.15, 0.2) is 18.2 Å². The smallest absolute Gasteiger partial charge is 0.335 e. The minimum absolute atomic E-state index is 0.309. The number of nitrogens with zero attached hydrogens (tertiary/aromatic N) is 2. The lowest BCUT2D eigenvalue weighted by molar-refractivity contribution is 0.0696. The van der Waals surface area contributed by atoms with Crippen molar-refractivity contribution in [3.05, 3.63) is 35.2 Å². The van der Waals surface area contributed by atoms with Crippen LogP contribution in [0.25, 0.3) is 0 Å². The fourth-order valence-electron chi connectivity index (χ4n) is 1.45. The molecule has 88 valence electrons. The van der Waals surface area contributed by atoms with Crippen molar-refractivity contribution in [2.75, 3.05) is 5.32 Å². The van der Waals surface area contributed by atoms with Crippen molar-refractivity contribution in [1.82, 2.24) is 9.36 Å². The summed E-state index contributed by atoms with van der Waals surface area (Å²) in [6, 6.07) is 5.07. The van der Waals surface area contributed by atoms with Crippen LogP contribution >= 0.6 is 11.5 Å². The molecule has 0 unspecified atom stereocenters. The number of carbonyl (C=O) groups is 1. The van der Waals surface area contributed by atoms with E-state index in [9.17, 15) is 4.79 Å². The van der Waals surface area contributed by atoms with Crippen molar-refractivity contribution in [2.24, 2.45) is 0 Å². The van der Waals surface area contributed by atoms with Gasteiger partial charge in [-0.1, -0.05) is 0 Å². The maximum atomic E-state index is 10.9. The van der Waals surface area contributed by atoms with Crippen LogP contribution < -0.4 is 5.32 Å². The molecule has 0 bridgehead atoms. The summed E-state index contributed by atoms with van der Waals surface area (Å²) < 4.78 is 4.05. The highest BCUT2D eigenvalue weighted by atomic mass is 32.1. The molecule has 0 saturated carbocycles. The highest BCUT2D eigenvalue weighted by Crippen LogP contribution is 2.21. The second kappa shape index (κ2) is 4.50. The SMILES string of the molecule is Cc1nsc(Nc2ccc(C(=O)O)c(C)c2)n1. The third-order valence-corrected chi connectivity index (χ3v) is 2.96. The van der Waals surface area contributed by atoms with Crippen molar-refractivity contribution < 1.29 is 9.90 Å². The standard InChI is InChI=1S/C11H11N3O2S/c1-6-5-8(3-4-9(6)10(15)16)13-11-12-7(2)14-17-11/h3-5H,1-2H3,(H,15,16)(H,12,13,14). The lowest BCUT2D eigenvalue weighted by Crippen LogP contribution is -2.00. The second-order valence-corrected chi connectivity index (χ2v) is 4.36. The Kier molecular flexibility index (Phi) is 3.06. The Balaban J connectivity index is 2.23. The summed E-state index contributed by atoms with van der Waals surface area (Å²) >= 11 is 1.27. The molecule has 1 heterocycles. The van der Waals surface area contributed by atoms with Crippen LogP contribution in [0.2, 0.25) is 0 Å². The van der Waals surface area contributed by atoms with Gasteiger partial charge in [0.25, 0.3) is 0 Å². The zero-order valence-electron chi connectivity index (χ0n) is 9.39. The van der Waals surface area contributed by atoms with Crippen molar-refractivity contribution in [2.45, 2.75) is 13.8 Å². The largest absolute Gasteiger partial charge is 0.478 e. The van der Waals surface area contributed by atoms with Crippen LogP contribution in [0.5, 0.6) is 0 Å². The molecule has 0 aliphatic carbocycles. The van der Waals surface area contributed by atoms with E-state index in [1.807, 2.05) is 6.92 Å². The van der Waals surface area contributed by atoms with Gasteiger partial charge in [0, 0.05) is 17.2 Å². The minimum Gasteiger partial charge on any atom is -0.478 e. The number of benzene rings is 1. The minimum atomic E-state index is -0.916. The van der Waals surface area contributed by atoms with Gasteiger partial charge in [0.1, 0.15) is 5.82 Å². The molecule has 0 amide bonds. The van der Waals surface area contributed by atoms with Crippen LogP contribution in [0, 0.1) is 13.8 Å². The van der Waals surface area contributed by atoms with Crippen molar-refractivity contribution in [3.63, 3.8) is 0 Å². The number of carboxylic acid groups (broad SMARTS) is 1. The predicted molar refractivity (Wildman–Crippen MR) is 66.1 cm³/mol. The van der Waals surface area contributed by atoms with Crippen LogP contribution in [0.1, 0.15) is 21.7 Å². The maximum Gasteiger partial charge on any atom is 0.335 e. The third kappa shape index (κ3) is 2.59. The first-order valence-corrected chi connectivity index (χ1v) is 5.75. The molecule has 0 aliphatic rings. The van der Waals surface area contributed by atoms with Gasteiger partial charge in [-0.05, 0) is 37.6 Å². The Bertz CT molecular complexity index is 566. The number of hydrogen-bond donors (Lipinski definition) is 2. The fraction of sp³-hybridized carbons (Fsp3) is 0.182. The first-order chi connectivity index (χ1) is 8.06. The summed E-state index contributed by atoms with van der Waals surface area (Å²) in [6.45, 7) is 3.58. The van der Waals surface area contributed by atoms with Crippen LogP contribution in [0.4, 0.5) is 10.8 Å². The topological polar surface area (TPSA) is 75.1 Å². The van der Waals surface area contributed by atoms with Crippen molar-refractivity contribution >= 4 is 28.3 Å². The number of rotatable bonds is 3. The molecule has 1 aromatic carbocycles. The van der Waals surface area contributed by atoms with E-state index in [1.165, 1.54) is 11.5 Å². The Morgan fingerprint density at radius 1 is 1.41 bits per heavy atom. The first kappa shape index (κ1) is 11.5. The van der Waals surface area contributed by atoms with E-state index >= 15 is 0 Å². The van der Waals surface area contributed by atoms with Gasteiger partial charge < -0.3 is 10.4 Å². The van der Waals surface area contributed by atoms with Gasteiger partial charge in [-0.2, -0.15) is 4.37 Å². The number of aromatic carboxylic acids is 1. The van der Waals surface area contributed by atoms with E-state index in [0.717, 1.165) is 11.5 Å². The molecule has 2 aromatic rings. The Morgan fingerprint density at radius 2 is 2.18 bits per heavy atom. The van der Waals surface area contributed by atoms with E-state index in [2.05, 4.69) is 14.7 Å². The van der Waals surface area contributed by atoms with Gasteiger partial charge in [0.05, 0.1) is 5.56 Å². The third-order valence-electron chi connectivity index (χ3n) is 2.24. The second-order valence-electron chi connectivity index (χ2n) is 3.61. The summed E-state index contributed by atoms with van der Waals surface area (Å²) in [5, 5.41) is 12.7. The molecule has 0 spiro atoms. The molecular formula is C11H11N3O2S. The predicted octanol–water partition coefficient (Wildman–Crippen LogP) is 2.60. The zero-order chi connectivity index (χ0) is 12.4. The summed E-state index contributed by atoms with van der Waals surface area (Å²) in [6.07, 6.45) is 0. The Labute approximate surface area is 102 Å². The van der Waals surface area contributed by atoms with E-state index < -0.39 is 5.97 Å². The number of carboxylic acids is 1. The van der Waals surface area contributed by atoms with Gasteiger partial charge in [-0.25, -0.2) is 9.78 Å². The molecule has 1 aromatic heterocycles. The summed E-state index contributed by atoms with van der Waals surface area (Å²) in [4.78, 5) is 15.0. The number of aryl methyl sites for hydroxylation is 2. The zero-order valence-corrected chi connectivity index (χ0v) is 10.2. The van der Waals surface area contributed by atoms with Gasteiger partial charge >= 0.3 is 5.97 Å². The monoisotopic (exact) mass is 249 g/mol. The van der Waals surface area contributed by atoms with Crippen LogP contribution in [-0.4, -0.2) is 20.4 Å². The number of nitrogens with one attached hydrogen (secondary N) is 1. The van der Waals surface area contributed by atoms with E-state index in [-0.39, 0.29) is 0 Å². The van der Waals surface area contributed by atoms with Crippen molar-refractivity contribution in [1.29, 1.82) is 0 Å².